The first-order chi connectivity index (χ1) is 8.57. The van der Waals surface area contributed by atoms with Crippen molar-refractivity contribution in [3.05, 3.63) is 29.3 Å². The molecule has 0 N–H and O–H groups in total. The van der Waals surface area contributed by atoms with E-state index < -0.39 is 10.0 Å². The highest BCUT2D eigenvalue weighted by molar-refractivity contribution is 9.09. The third-order valence-electron chi connectivity index (χ3n) is 3.17. The van der Waals surface area contributed by atoms with Crippen molar-refractivity contribution in [2.24, 2.45) is 0 Å². The summed E-state index contributed by atoms with van der Waals surface area (Å²) in [5.74, 6) is 0. The van der Waals surface area contributed by atoms with Gasteiger partial charge in [-0.1, -0.05) is 46.1 Å². The fraction of sp³-hybridized carbons (Fsp3) is 0.500. The number of nitrogens with zero attached hydrogens (tertiary/aromatic N) is 1. The van der Waals surface area contributed by atoms with Crippen molar-refractivity contribution >= 4 is 37.6 Å². The minimum absolute atomic E-state index is 0.0278. The van der Waals surface area contributed by atoms with E-state index in [0.717, 1.165) is 19.3 Å². The summed E-state index contributed by atoms with van der Waals surface area (Å²) < 4.78 is 26.8. The van der Waals surface area contributed by atoms with E-state index in [1.54, 1.807) is 28.6 Å². The molecule has 6 heteroatoms. The molecule has 1 fully saturated rings. The number of piperidine rings is 1. The molecule has 0 amide bonds. The van der Waals surface area contributed by atoms with Crippen molar-refractivity contribution in [2.75, 3.05) is 11.9 Å². The Morgan fingerprint density at radius 3 is 2.72 bits per heavy atom. The highest BCUT2D eigenvalue weighted by Crippen LogP contribution is 2.29. The average Bonchev–Trinajstić information content (AvgIpc) is 2.39. The van der Waals surface area contributed by atoms with Crippen molar-refractivity contribution in [3.63, 3.8) is 0 Å². The largest absolute Gasteiger partial charge is 0.244 e. The molecule has 1 aromatic rings. The molecule has 3 nitrogen and oxygen atoms in total. The summed E-state index contributed by atoms with van der Waals surface area (Å²) in [7, 11) is -3.48. The van der Waals surface area contributed by atoms with Crippen LogP contribution in [0.15, 0.2) is 29.2 Å². The predicted octanol–water partition coefficient (Wildman–Crippen LogP) is 3.28. The molecule has 1 atom stereocenters. The first-order valence-electron chi connectivity index (χ1n) is 5.89. The van der Waals surface area contributed by atoms with Crippen LogP contribution in [0.5, 0.6) is 0 Å². The Bertz CT molecular complexity index is 521. The number of sulfonamides is 1. The first-order valence-corrected chi connectivity index (χ1v) is 8.83. The molecule has 1 aliphatic rings. The number of rotatable bonds is 3. The molecule has 18 heavy (non-hydrogen) atoms. The third kappa shape index (κ3) is 2.74. The second kappa shape index (κ2) is 5.90. The highest BCUT2D eigenvalue weighted by Gasteiger charge is 2.33. The van der Waals surface area contributed by atoms with E-state index in [9.17, 15) is 8.42 Å². The zero-order chi connectivity index (χ0) is 13.2. The van der Waals surface area contributed by atoms with Gasteiger partial charge in [0, 0.05) is 17.9 Å². The molecular formula is C12H15BrClNO2S. The summed E-state index contributed by atoms with van der Waals surface area (Å²) in [5.41, 5.74) is 0. The molecule has 1 unspecified atom stereocenters. The van der Waals surface area contributed by atoms with Gasteiger partial charge in [0.2, 0.25) is 10.0 Å². The summed E-state index contributed by atoms with van der Waals surface area (Å²) >= 11 is 9.40. The van der Waals surface area contributed by atoms with Gasteiger partial charge in [-0.15, -0.1) is 0 Å². The van der Waals surface area contributed by atoms with Crippen molar-refractivity contribution in [1.82, 2.24) is 4.31 Å². The fourth-order valence-electron chi connectivity index (χ4n) is 2.22. The SMILES string of the molecule is O=S(=O)(c1ccccc1Cl)N1CCCCC1CBr. The Morgan fingerprint density at radius 1 is 1.33 bits per heavy atom. The van der Waals surface area contributed by atoms with Gasteiger partial charge in [-0.2, -0.15) is 4.31 Å². The van der Waals surface area contributed by atoms with E-state index in [0.29, 0.717) is 11.9 Å². The molecule has 0 aliphatic carbocycles. The van der Waals surface area contributed by atoms with Crippen LogP contribution in [0.25, 0.3) is 0 Å². The van der Waals surface area contributed by atoms with Gasteiger partial charge >= 0.3 is 0 Å². The molecule has 0 bridgehead atoms. The monoisotopic (exact) mass is 351 g/mol. The summed E-state index contributed by atoms with van der Waals surface area (Å²) in [6.45, 7) is 0.573. The predicted molar refractivity (Wildman–Crippen MR) is 76.8 cm³/mol. The Hall–Kier alpha value is -0.100. The molecule has 1 heterocycles. The van der Waals surface area contributed by atoms with Crippen LogP contribution in [-0.4, -0.2) is 30.6 Å². The van der Waals surface area contributed by atoms with Crippen LogP contribution >= 0.6 is 27.5 Å². The van der Waals surface area contributed by atoms with Crippen LogP contribution in [-0.2, 0) is 10.0 Å². The fourth-order valence-corrected chi connectivity index (χ4v) is 5.28. The van der Waals surface area contributed by atoms with E-state index in [2.05, 4.69) is 15.9 Å². The number of benzene rings is 1. The van der Waals surface area contributed by atoms with Crippen LogP contribution in [0.3, 0.4) is 0 Å². The second-order valence-electron chi connectivity index (χ2n) is 4.35. The third-order valence-corrected chi connectivity index (χ3v) is 6.37. The van der Waals surface area contributed by atoms with E-state index in [4.69, 9.17) is 11.6 Å². The summed E-state index contributed by atoms with van der Waals surface area (Å²) in [6, 6.07) is 6.64. The van der Waals surface area contributed by atoms with E-state index in [1.165, 1.54) is 0 Å². The van der Waals surface area contributed by atoms with Crippen molar-refractivity contribution in [2.45, 2.75) is 30.2 Å². The summed E-state index contributed by atoms with van der Waals surface area (Å²) in [6.07, 6.45) is 2.88. The topological polar surface area (TPSA) is 37.4 Å². The van der Waals surface area contributed by atoms with Gasteiger partial charge in [-0.05, 0) is 25.0 Å². The Labute approximate surface area is 121 Å². The van der Waals surface area contributed by atoms with Gasteiger partial charge in [-0.25, -0.2) is 8.42 Å². The van der Waals surface area contributed by atoms with Crippen molar-refractivity contribution < 1.29 is 8.42 Å². The van der Waals surface area contributed by atoms with Crippen LogP contribution in [0.4, 0.5) is 0 Å². The molecule has 0 saturated carbocycles. The lowest BCUT2D eigenvalue weighted by Gasteiger charge is -2.33. The standard InChI is InChI=1S/C12H15BrClNO2S/c13-9-10-5-3-4-8-15(10)18(16,17)12-7-2-1-6-11(12)14/h1-2,6-7,10H,3-5,8-9H2. The minimum Gasteiger partial charge on any atom is -0.207 e. The molecule has 1 aliphatic heterocycles. The van der Waals surface area contributed by atoms with Crippen LogP contribution < -0.4 is 0 Å². The van der Waals surface area contributed by atoms with Gasteiger partial charge < -0.3 is 0 Å². The number of hydrogen-bond acceptors (Lipinski definition) is 2. The number of alkyl halides is 1. The lowest BCUT2D eigenvalue weighted by atomic mass is 10.1. The zero-order valence-electron chi connectivity index (χ0n) is 9.85. The molecule has 100 valence electrons. The first kappa shape index (κ1) is 14.3. The molecule has 0 radical (unpaired) electrons. The maximum Gasteiger partial charge on any atom is 0.244 e. The minimum atomic E-state index is -3.48. The molecule has 1 saturated heterocycles. The lowest BCUT2D eigenvalue weighted by Crippen LogP contribution is -2.44. The number of hydrogen-bond donors (Lipinski definition) is 0. The van der Waals surface area contributed by atoms with E-state index in [-0.39, 0.29) is 16.0 Å². The van der Waals surface area contributed by atoms with Gasteiger partial charge in [0.15, 0.2) is 0 Å². The molecule has 2 rings (SSSR count). The van der Waals surface area contributed by atoms with Crippen LogP contribution in [0.1, 0.15) is 19.3 Å². The Morgan fingerprint density at radius 2 is 2.06 bits per heavy atom. The number of halogens is 2. The smallest absolute Gasteiger partial charge is 0.207 e. The van der Waals surface area contributed by atoms with Crippen molar-refractivity contribution in [3.8, 4) is 0 Å². The van der Waals surface area contributed by atoms with E-state index in [1.807, 2.05) is 0 Å². The normalized spacial score (nSPS) is 22.0. The van der Waals surface area contributed by atoms with Gasteiger partial charge in [0.25, 0.3) is 0 Å². The maximum absolute atomic E-state index is 12.6. The Kier molecular flexibility index (Phi) is 4.69. The molecule has 0 aromatic heterocycles. The molecule has 0 spiro atoms. The highest BCUT2D eigenvalue weighted by atomic mass is 79.9. The van der Waals surface area contributed by atoms with Crippen LogP contribution in [0, 0.1) is 0 Å². The maximum atomic E-state index is 12.6. The average molecular weight is 353 g/mol. The lowest BCUT2D eigenvalue weighted by molar-refractivity contribution is 0.273. The molecular weight excluding hydrogens is 338 g/mol. The van der Waals surface area contributed by atoms with Crippen LogP contribution in [0.2, 0.25) is 5.02 Å². The quantitative estimate of drug-likeness (QED) is 0.783. The Balaban J connectivity index is 2.39. The zero-order valence-corrected chi connectivity index (χ0v) is 13.0. The van der Waals surface area contributed by atoms with Gasteiger partial charge in [-0.3, -0.25) is 0 Å². The molecule has 1 aromatic carbocycles. The van der Waals surface area contributed by atoms with E-state index >= 15 is 0 Å². The van der Waals surface area contributed by atoms with Gasteiger partial charge in [0.1, 0.15) is 4.90 Å². The van der Waals surface area contributed by atoms with Crippen molar-refractivity contribution in [1.29, 1.82) is 0 Å². The second-order valence-corrected chi connectivity index (χ2v) is 7.26. The summed E-state index contributed by atoms with van der Waals surface area (Å²) in [5, 5.41) is 0.952. The summed E-state index contributed by atoms with van der Waals surface area (Å²) in [4.78, 5) is 0.208. The van der Waals surface area contributed by atoms with Gasteiger partial charge in [0.05, 0.1) is 5.02 Å².